The molecule has 0 aliphatic heterocycles. The average Bonchev–Trinajstić information content (AvgIpc) is 2.58. The number of hydrogen-bond acceptors (Lipinski definition) is 4. The number of nitrogens with one attached hydrogen (secondary N) is 3. The SMILES string of the molecule is C[NH+](CC(=O)Nc1ccccc1Cl)CC(=O)Nc1ccc([N+](=O)[O-])cc1Cl. The van der Waals surface area contributed by atoms with Crippen LogP contribution in [0.15, 0.2) is 42.5 Å². The first-order chi connectivity index (χ1) is 12.8. The molecule has 0 aromatic heterocycles. The summed E-state index contributed by atoms with van der Waals surface area (Å²) in [6, 6.07) is 10.6. The Kier molecular flexibility index (Phi) is 7.12. The number of benzene rings is 2. The predicted octanol–water partition coefficient (Wildman–Crippen LogP) is 1.99. The number of likely N-dealkylation sites (N-methyl/N-ethyl adjacent to an activating group) is 1. The summed E-state index contributed by atoms with van der Waals surface area (Å²) in [5.41, 5.74) is 0.594. The number of para-hydroxylation sites is 1. The van der Waals surface area contributed by atoms with Crippen molar-refractivity contribution in [3.05, 3.63) is 62.6 Å². The Balaban J connectivity index is 1.87. The molecule has 27 heavy (non-hydrogen) atoms. The van der Waals surface area contributed by atoms with Gasteiger partial charge in [-0.1, -0.05) is 35.3 Å². The zero-order chi connectivity index (χ0) is 20.0. The second-order valence-electron chi connectivity index (χ2n) is 5.81. The van der Waals surface area contributed by atoms with Gasteiger partial charge in [-0.25, -0.2) is 0 Å². The van der Waals surface area contributed by atoms with Crippen LogP contribution in [0.25, 0.3) is 0 Å². The van der Waals surface area contributed by atoms with Gasteiger partial charge in [0.05, 0.1) is 33.4 Å². The predicted molar refractivity (Wildman–Crippen MR) is 103 cm³/mol. The molecule has 2 aromatic carbocycles. The maximum absolute atomic E-state index is 12.1. The maximum atomic E-state index is 12.1. The third-order valence-electron chi connectivity index (χ3n) is 3.51. The molecular weight excluding hydrogens is 395 g/mol. The van der Waals surface area contributed by atoms with E-state index in [1.807, 2.05) is 0 Å². The molecule has 2 amide bonds. The molecule has 0 saturated carbocycles. The largest absolute Gasteiger partial charge is 0.322 e. The first kappa shape index (κ1) is 20.6. The minimum Gasteiger partial charge on any atom is -0.322 e. The van der Waals surface area contributed by atoms with Crippen molar-refractivity contribution in [2.24, 2.45) is 0 Å². The summed E-state index contributed by atoms with van der Waals surface area (Å²) >= 11 is 11.9. The van der Waals surface area contributed by atoms with Crippen molar-refractivity contribution in [1.82, 2.24) is 0 Å². The first-order valence-corrected chi connectivity index (χ1v) is 8.61. The standard InChI is InChI=1S/C17H16Cl2N4O4/c1-22(9-16(24)20-14-5-3-2-4-12(14)18)10-17(25)21-15-7-6-11(23(26)27)8-13(15)19/h2-8H,9-10H2,1H3,(H,20,24)(H,21,25)/p+1. The van der Waals surface area contributed by atoms with Crippen molar-refractivity contribution in [3.8, 4) is 0 Å². The summed E-state index contributed by atoms with van der Waals surface area (Å²) in [6.07, 6.45) is 0. The van der Waals surface area contributed by atoms with E-state index >= 15 is 0 Å². The number of carbonyl (C=O) groups is 2. The van der Waals surface area contributed by atoms with Crippen LogP contribution in [-0.4, -0.2) is 36.9 Å². The molecule has 2 rings (SSSR count). The van der Waals surface area contributed by atoms with Crippen LogP contribution in [0.3, 0.4) is 0 Å². The average molecular weight is 412 g/mol. The van der Waals surface area contributed by atoms with Gasteiger partial charge >= 0.3 is 0 Å². The number of nitrogens with zero attached hydrogens (tertiary/aromatic N) is 1. The summed E-state index contributed by atoms with van der Waals surface area (Å²) in [5.74, 6) is -0.671. The molecule has 0 aliphatic rings. The molecule has 0 spiro atoms. The highest BCUT2D eigenvalue weighted by Gasteiger charge is 2.17. The lowest BCUT2D eigenvalue weighted by Gasteiger charge is -2.14. The minimum absolute atomic E-state index is 0.00323. The van der Waals surface area contributed by atoms with Gasteiger partial charge in [0.2, 0.25) is 0 Å². The smallest absolute Gasteiger partial charge is 0.279 e. The summed E-state index contributed by atoms with van der Waals surface area (Å²) in [4.78, 5) is 34.9. The first-order valence-electron chi connectivity index (χ1n) is 7.85. The lowest BCUT2D eigenvalue weighted by molar-refractivity contribution is -0.862. The number of nitro benzene ring substituents is 1. The molecule has 0 radical (unpaired) electrons. The van der Waals surface area contributed by atoms with Gasteiger partial charge in [0.25, 0.3) is 17.5 Å². The molecule has 2 aromatic rings. The summed E-state index contributed by atoms with van der Waals surface area (Å²) in [6.45, 7) is 0.0515. The van der Waals surface area contributed by atoms with E-state index in [0.717, 1.165) is 6.07 Å². The third kappa shape index (κ3) is 6.21. The number of amides is 2. The van der Waals surface area contributed by atoms with Gasteiger partial charge in [0, 0.05) is 12.1 Å². The highest BCUT2D eigenvalue weighted by atomic mass is 35.5. The van der Waals surface area contributed by atoms with Gasteiger partial charge in [-0.15, -0.1) is 0 Å². The Morgan fingerprint density at radius 2 is 1.56 bits per heavy atom. The summed E-state index contributed by atoms with van der Waals surface area (Å²) in [5, 5.41) is 16.4. The maximum Gasteiger partial charge on any atom is 0.279 e. The van der Waals surface area contributed by atoms with Crippen LogP contribution in [-0.2, 0) is 9.59 Å². The van der Waals surface area contributed by atoms with E-state index in [1.54, 1.807) is 31.3 Å². The van der Waals surface area contributed by atoms with Gasteiger partial charge in [-0.3, -0.25) is 19.7 Å². The van der Waals surface area contributed by atoms with Gasteiger partial charge < -0.3 is 15.5 Å². The van der Waals surface area contributed by atoms with Crippen LogP contribution in [0.4, 0.5) is 17.1 Å². The lowest BCUT2D eigenvalue weighted by atomic mass is 10.3. The van der Waals surface area contributed by atoms with Crippen molar-refractivity contribution in [3.63, 3.8) is 0 Å². The zero-order valence-corrected chi connectivity index (χ0v) is 15.8. The fourth-order valence-corrected chi connectivity index (χ4v) is 2.69. The fourth-order valence-electron chi connectivity index (χ4n) is 2.28. The van der Waals surface area contributed by atoms with Crippen LogP contribution < -0.4 is 15.5 Å². The number of rotatable bonds is 7. The van der Waals surface area contributed by atoms with Crippen LogP contribution in [0, 0.1) is 10.1 Å². The van der Waals surface area contributed by atoms with Gasteiger partial charge in [-0.2, -0.15) is 0 Å². The molecule has 8 nitrogen and oxygen atoms in total. The Morgan fingerprint density at radius 1 is 1.00 bits per heavy atom. The number of carbonyl (C=O) groups excluding carboxylic acids is 2. The van der Waals surface area contributed by atoms with Crippen LogP contribution in [0.1, 0.15) is 0 Å². The second kappa shape index (κ2) is 9.31. The zero-order valence-electron chi connectivity index (χ0n) is 14.3. The number of hydrogen-bond donors (Lipinski definition) is 3. The van der Waals surface area contributed by atoms with E-state index in [1.165, 1.54) is 12.1 Å². The van der Waals surface area contributed by atoms with Crippen molar-refractivity contribution in [1.29, 1.82) is 0 Å². The molecule has 0 bridgehead atoms. The molecule has 3 N–H and O–H groups in total. The van der Waals surface area contributed by atoms with E-state index in [4.69, 9.17) is 23.2 Å². The number of halogens is 2. The molecular formula is C17H17Cl2N4O4+. The Hall–Kier alpha value is -2.68. The van der Waals surface area contributed by atoms with E-state index in [9.17, 15) is 19.7 Å². The third-order valence-corrected chi connectivity index (χ3v) is 4.15. The highest BCUT2D eigenvalue weighted by molar-refractivity contribution is 6.34. The van der Waals surface area contributed by atoms with Crippen molar-refractivity contribution in [2.45, 2.75) is 0 Å². The number of quaternary nitrogens is 1. The topological polar surface area (TPSA) is 106 Å². The van der Waals surface area contributed by atoms with Crippen LogP contribution in [0.5, 0.6) is 0 Å². The molecule has 0 fully saturated rings. The molecule has 0 aliphatic carbocycles. The summed E-state index contributed by atoms with van der Waals surface area (Å²) < 4.78 is 0. The van der Waals surface area contributed by atoms with E-state index < -0.39 is 4.92 Å². The van der Waals surface area contributed by atoms with E-state index in [2.05, 4.69) is 10.6 Å². The molecule has 0 heterocycles. The lowest BCUT2D eigenvalue weighted by Crippen LogP contribution is -3.11. The van der Waals surface area contributed by atoms with Crippen LogP contribution in [0.2, 0.25) is 10.0 Å². The normalized spacial score (nSPS) is 11.5. The monoisotopic (exact) mass is 411 g/mol. The van der Waals surface area contributed by atoms with Crippen molar-refractivity contribution in [2.75, 3.05) is 30.8 Å². The minimum atomic E-state index is -0.576. The highest BCUT2D eigenvalue weighted by Crippen LogP contribution is 2.26. The Labute approximate surface area is 165 Å². The van der Waals surface area contributed by atoms with Gasteiger partial charge in [0.15, 0.2) is 13.1 Å². The quantitative estimate of drug-likeness (QED) is 0.478. The number of nitro groups is 1. The fraction of sp³-hybridized carbons (Fsp3) is 0.176. The van der Waals surface area contributed by atoms with Crippen molar-refractivity contribution >= 4 is 52.1 Å². The Bertz CT molecular complexity index is 876. The molecule has 1 atom stereocenters. The molecule has 142 valence electrons. The molecule has 0 saturated heterocycles. The Morgan fingerprint density at radius 3 is 2.07 bits per heavy atom. The van der Waals surface area contributed by atoms with Gasteiger partial charge in [-0.05, 0) is 18.2 Å². The second-order valence-corrected chi connectivity index (χ2v) is 6.62. The van der Waals surface area contributed by atoms with E-state index in [-0.39, 0.29) is 41.3 Å². The van der Waals surface area contributed by atoms with Gasteiger partial charge in [0.1, 0.15) is 0 Å². The summed E-state index contributed by atoms with van der Waals surface area (Å²) in [7, 11) is 1.68. The van der Waals surface area contributed by atoms with Crippen LogP contribution >= 0.6 is 23.2 Å². The molecule has 1 unspecified atom stereocenters. The number of anilines is 2. The van der Waals surface area contributed by atoms with E-state index in [0.29, 0.717) is 15.6 Å². The van der Waals surface area contributed by atoms with Crippen molar-refractivity contribution < 1.29 is 19.4 Å². The molecule has 10 heteroatoms. The number of non-ortho nitro benzene ring substituents is 1.